The third-order valence-electron chi connectivity index (χ3n) is 3.96. The van der Waals surface area contributed by atoms with Crippen molar-refractivity contribution in [3.8, 4) is 0 Å². The molecule has 1 aliphatic rings. The lowest BCUT2D eigenvalue weighted by atomic mass is 9.97. The average Bonchev–Trinajstić information content (AvgIpc) is 2.59. The van der Waals surface area contributed by atoms with E-state index in [9.17, 15) is 19.7 Å². The van der Waals surface area contributed by atoms with Gasteiger partial charge in [-0.3, -0.25) is 19.7 Å². The normalized spacial score (nSPS) is 17.5. The molecular weight excluding hydrogens is 302 g/mol. The highest BCUT2D eigenvalue weighted by Crippen LogP contribution is 2.32. The third-order valence-corrected chi connectivity index (χ3v) is 3.96. The number of hydrogen-bond donors (Lipinski definition) is 1. The van der Waals surface area contributed by atoms with Gasteiger partial charge in [0, 0.05) is 31.8 Å². The van der Waals surface area contributed by atoms with Crippen molar-refractivity contribution in [1.82, 2.24) is 5.32 Å². The van der Waals surface area contributed by atoms with Crippen LogP contribution >= 0.6 is 0 Å². The molecule has 1 atom stereocenters. The first-order valence-electron chi connectivity index (χ1n) is 7.31. The second-order valence-electron chi connectivity index (χ2n) is 5.35. The Balaban J connectivity index is 2.32. The molecule has 0 bridgehead atoms. The Morgan fingerprint density at radius 1 is 1.43 bits per heavy atom. The van der Waals surface area contributed by atoms with Crippen LogP contribution in [0.3, 0.4) is 0 Å². The fourth-order valence-electron chi connectivity index (χ4n) is 2.78. The Bertz CT molecular complexity index is 632. The molecule has 1 aromatic carbocycles. The summed E-state index contributed by atoms with van der Waals surface area (Å²) < 4.78 is 4.76. The summed E-state index contributed by atoms with van der Waals surface area (Å²) in [5.41, 5.74) is 0.498. The zero-order valence-electron chi connectivity index (χ0n) is 13.1. The van der Waals surface area contributed by atoms with E-state index in [0.29, 0.717) is 25.2 Å². The minimum Gasteiger partial charge on any atom is -0.469 e. The van der Waals surface area contributed by atoms with Crippen molar-refractivity contribution in [2.45, 2.75) is 12.8 Å². The third kappa shape index (κ3) is 3.58. The van der Waals surface area contributed by atoms with E-state index in [1.54, 1.807) is 17.0 Å². The van der Waals surface area contributed by atoms with Crippen LogP contribution < -0.4 is 10.2 Å². The van der Waals surface area contributed by atoms with E-state index in [1.807, 2.05) is 0 Å². The lowest BCUT2D eigenvalue weighted by molar-refractivity contribution is -0.384. The molecule has 1 heterocycles. The van der Waals surface area contributed by atoms with Gasteiger partial charge in [-0.1, -0.05) is 0 Å². The Morgan fingerprint density at radius 2 is 2.17 bits per heavy atom. The van der Waals surface area contributed by atoms with Gasteiger partial charge in [0.05, 0.1) is 18.0 Å². The predicted molar refractivity (Wildman–Crippen MR) is 83.4 cm³/mol. The minimum absolute atomic E-state index is 0.142. The molecule has 0 spiro atoms. The van der Waals surface area contributed by atoms with Gasteiger partial charge < -0.3 is 15.0 Å². The summed E-state index contributed by atoms with van der Waals surface area (Å²) >= 11 is 0. The van der Waals surface area contributed by atoms with Crippen molar-refractivity contribution < 1.29 is 19.2 Å². The quantitative estimate of drug-likeness (QED) is 0.510. The smallest absolute Gasteiger partial charge is 0.310 e. The average molecular weight is 321 g/mol. The van der Waals surface area contributed by atoms with E-state index in [-0.39, 0.29) is 29.0 Å². The van der Waals surface area contributed by atoms with Crippen molar-refractivity contribution in [1.29, 1.82) is 0 Å². The molecule has 0 aromatic heterocycles. The molecule has 1 saturated heterocycles. The summed E-state index contributed by atoms with van der Waals surface area (Å²) in [4.78, 5) is 36.0. The molecule has 0 unspecified atom stereocenters. The highest BCUT2D eigenvalue weighted by Gasteiger charge is 2.30. The Hall–Kier alpha value is -2.64. The van der Waals surface area contributed by atoms with E-state index in [1.165, 1.54) is 20.2 Å². The fourth-order valence-corrected chi connectivity index (χ4v) is 2.78. The van der Waals surface area contributed by atoms with Crippen LogP contribution in [0.15, 0.2) is 18.2 Å². The Morgan fingerprint density at radius 3 is 2.78 bits per heavy atom. The number of methoxy groups -OCH3 is 1. The number of nitrogens with one attached hydrogen (secondary N) is 1. The zero-order chi connectivity index (χ0) is 17.0. The maximum atomic E-state index is 11.7. The molecule has 124 valence electrons. The number of benzene rings is 1. The number of piperidine rings is 1. The van der Waals surface area contributed by atoms with Crippen LogP contribution in [0.5, 0.6) is 0 Å². The van der Waals surface area contributed by atoms with Crippen molar-refractivity contribution in [3.05, 3.63) is 33.9 Å². The Labute approximate surface area is 133 Å². The number of nitro groups is 1. The van der Waals surface area contributed by atoms with E-state index >= 15 is 0 Å². The van der Waals surface area contributed by atoms with Crippen LogP contribution in [0.1, 0.15) is 23.2 Å². The molecular formula is C15H19N3O5. The van der Waals surface area contributed by atoms with Crippen LogP contribution in [0.25, 0.3) is 0 Å². The number of amides is 1. The van der Waals surface area contributed by atoms with Gasteiger partial charge in [-0.05, 0) is 25.0 Å². The number of anilines is 1. The zero-order valence-corrected chi connectivity index (χ0v) is 13.1. The second-order valence-corrected chi connectivity index (χ2v) is 5.35. The number of hydrogen-bond acceptors (Lipinski definition) is 6. The number of nitro benzene ring substituents is 1. The van der Waals surface area contributed by atoms with E-state index in [2.05, 4.69) is 5.32 Å². The van der Waals surface area contributed by atoms with Gasteiger partial charge in [-0.25, -0.2) is 0 Å². The summed E-state index contributed by atoms with van der Waals surface area (Å²) in [6, 6.07) is 4.36. The SMILES string of the molecule is CNC(=O)c1ccc(N2CCC[C@@H](C(=O)OC)C2)c([N+](=O)[O-])c1. The molecule has 1 amide bonds. The predicted octanol–water partition coefficient (Wildman–Crippen LogP) is 1.34. The van der Waals surface area contributed by atoms with Gasteiger partial charge >= 0.3 is 5.97 Å². The van der Waals surface area contributed by atoms with Crippen molar-refractivity contribution in [2.75, 3.05) is 32.1 Å². The lowest BCUT2D eigenvalue weighted by Gasteiger charge is -2.32. The molecule has 0 saturated carbocycles. The summed E-state index contributed by atoms with van der Waals surface area (Å²) in [6.07, 6.45) is 1.45. The molecule has 1 aliphatic heterocycles. The molecule has 23 heavy (non-hydrogen) atoms. The summed E-state index contributed by atoms with van der Waals surface area (Å²) in [7, 11) is 2.80. The highest BCUT2D eigenvalue weighted by atomic mass is 16.6. The van der Waals surface area contributed by atoms with Crippen LogP contribution in [-0.4, -0.2) is 44.0 Å². The van der Waals surface area contributed by atoms with Gasteiger partial charge in [-0.2, -0.15) is 0 Å². The molecule has 0 aliphatic carbocycles. The van der Waals surface area contributed by atoms with Crippen LogP contribution in [-0.2, 0) is 9.53 Å². The molecule has 1 fully saturated rings. The first-order valence-corrected chi connectivity index (χ1v) is 7.31. The lowest BCUT2D eigenvalue weighted by Crippen LogP contribution is -2.39. The van der Waals surface area contributed by atoms with Gasteiger partial charge in [0.2, 0.25) is 0 Å². The van der Waals surface area contributed by atoms with Gasteiger partial charge in [0.25, 0.3) is 11.6 Å². The monoisotopic (exact) mass is 321 g/mol. The molecule has 8 heteroatoms. The largest absolute Gasteiger partial charge is 0.469 e. The topological polar surface area (TPSA) is 102 Å². The maximum absolute atomic E-state index is 11.7. The summed E-state index contributed by atoms with van der Waals surface area (Å²) in [5.74, 6) is -0.989. The summed E-state index contributed by atoms with van der Waals surface area (Å²) in [6.45, 7) is 0.987. The van der Waals surface area contributed by atoms with E-state index in [4.69, 9.17) is 4.74 Å². The minimum atomic E-state index is -0.510. The Kier molecular flexibility index (Phi) is 5.15. The van der Waals surface area contributed by atoms with Crippen LogP contribution in [0.2, 0.25) is 0 Å². The van der Waals surface area contributed by atoms with Crippen molar-refractivity contribution in [3.63, 3.8) is 0 Å². The number of esters is 1. The molecule has 8 nitrogen and oxygen atoms in total. The van der Waals surface area contributed by atoms with E-state index < -0.39 is 4.92 Å². The standard InChI is InChI=1S/C15H19N3O5/c1-16-14(19)10-5-6-12(13(8-10)18(21)22)17-7-3-4-11(9-17)15(20)23-2/h5-6,8,11H,3-4,7,9H2,1-2H3,(H,16,19)/t11-/m1/s1. The molecule has 0 radical (unpaired) electrons. The van der Waals surface area contributed by atoms with Crippen molar-refractivity contribution in [2.24, 2.45) is 5.92 Å². The van der Waals surface area contributed by atoms with E-state index in [0.717, 1.165) is 6.42 Å². The first kappa shape index (κ1) is 16.7. The fraction of sp³-hybridized carbons (Fsp3) is 0.467. The van der Waals surface area contributed by atoms with Crippen LogP contribution in [0, 0.1) is 16.0 Å². The number of nitrogens with zero attached hydrogens (tertiary/aromatic N) is 2. The maximum Gasteiger partial charge on any atom is 0.310 e. The first-order chi connectivity index (χ1) is 11.0. The summed E-state index contributed by atoms with van der Waals surface area (Å²) in [5, 5.41) is 13.8. The molecule has 2 rings (SSSR count). The molecule has 1 N–H and O–H groups in total. The molecule has 1 aromatic rings. The highest BCUT2D eigenvalue weighted by molar-refractivity contribution is 5.95. The number of rotatable bonds is 4. The number of ether oxygens (including phenoxy) is 1. The van der Waals surface area contributed by atoms with Crippen LogP contribution in [0.4, 0.5) is 11.4 Å². The van der Waals surface area contributed by atoms with Crippen molar-refractivity contribution >= 4 is 23.3 Å². The second kappa shape index (κ2) is 7.08. The number of carbonyl (C=O) groups excluding carboxylic acids is 2. The van der Waals surface area contributed by atoms with Gasteiger partial charge in [0.15, 0.2) is 0 Å². The van der Waals surface area contributed by atoms with Gasteiger partial charge in [-0.15, -0.1) is 0 Å². The van der Waals surface area contributed by atoms with Gasteiger partial charge in [0.1, 0.15) is 5.69 Å². The number of carbonyl (C=O) groups is 2.